The van der Waals surface area contributed by atoms with Crippen molar-refractivity contribution in [2.24, 2.45) is 4.99 Å². The standard InChI is InChI=1S/C36H31IN2O5S/c1-5-43-35(41)31-22(3)38-36-39(32(31)25-15-13-21(2)14-16-25)34(40)30(45-36)19-23-17-28(37)33(29(18-23)42-4)44-20-26-11-8-10-24-9-6-7-12-27(24)26/h6-19,32H,5,20H2,1-4H3/b30-19-/t32-/m1/s1. The second-order valence-corrected chi connectivity index (χ2v) is 12.8. The third kappa shape index (κ3) is 6.06. The maximum absolute atomic E-state index is 14.0. The zero-order valence-corrected chi connectivity index (χ0v) is 28.3. The van der Waals surface area contributed by atoms with Crippen LogP contribution in [0, 0.1) is 10.5 Å². The summed E-state index contributed by atoms with van der Waals surface area (Å²) in [6.07, 6.45) is 1.83. The van der Waals surface area contributed by atoms with E-state index in [0.717, 1.165) is 36.6 Å². The Balaban J connectivity index is 1.39. The number of nitrogens with zero attached hydrogens (tertiary/aromatic N) is 2. The van der Waals surface area contributed by atoms with Crippen molar-refractivity contribution in [2.75, 3.05) is 13.7 Å². The molecule has 0 aliphatic carbocycles. The maximum Gasteiger partial charge on any atom is 0.338 e. The highest BCUT2D eigenvalue weighted by molar-refractivity contribution is 14.1. The van der Waals surface area contributed by atoms with Crippen LogP contribution in [0.2, 0.25) is 0 Å². The molecule has 1 aromatic heterocycles. The Kier molecular flexibility index (Phi) is 8.91. The Bertz CT molecular complexity index is 2140. The van der Waals surface area contributed by atoms with E-state index in [1.807, 2.05) is 67.6 Å². The number of benzene rings is 4. The number of ether oxygens (including phenoxy) is 3. The third-order valence-corrected chi connectivity index (χ3v) is 9.50. The van der Waals surface area contributed by atoms with Gasteiger partial charge in [-0.05, 0) is 89.0 Å². The van der Waals surface area contributed by atoms with E-state index in [2.05, 4.69) is 51.8 Å². The molecule has 1 aliphatic rings. The molecule has 6 rings (SSSR count). The monoisotopic (exact) mass is 730 g/mol. The van der Waals surface area contributed by atoms with Gasteiger partial charge in [-0.3, -0.25) is 9.36 Å². The Morgan fingerprint density at radius 2 is 1.80 bits per heavy atom. The molecule has 0 saturated carbocycles. The first kappa shape index (κ1) is 30.8. The average molecular weight is 731 g/mol. The lowest BCUT2D eigenvalue weighted by Gasteiger charge is -2.24. The summed E-state index contributed by atoms with van der Waals surface area (Å²) in [4.78, 5) is 32.4. The van der Waals surface area contributed by atoms with Gasteiger partial charge in [-0.2, -0.15) is 0 Å². The van der Waals surface area contributed by atoms with Crippen LogP contribution in [-0.2, 0) is 16.1 Å². The van der Waals surface area contributed by atoms with Gasteiger partial charge < -0.3 is 14.2 Å². The lowest BCUT2D eigenvalue weighted by atomic mass is 9.95. The predicted molar refractivity (Wildman–Crippen MR) is 186 cm³/mol. The van der Waals surface area contributed by atoms with E-state index >= 15 is 0 Å². The first-order valence-electron chi connectivity index (χ1n) is 14.5. The highest BCUT2D eigenvalue weighted by Crippen LogP contribution is 2.35. The van der Waals surface area contributed by atoms with Gasteiger partial charge in [-0.25, -0.2) is 9.79 Å². The number of carbonyl (C=O) groups excluding carboxylic acids is 1. The van der Waals surface area contributed by atoms with E-state index in [9.17, 15) is 9.59 Å². The van der Waals surface area contributed by atoms with Crippen molar-refractivity contribution in [2.45, 2.75) is 33.4 Å². The molecule has 1 aliphatic heterocycles. The van der Waals surface area contributed by atoms with Crippen molar-refractivity contribution in [3.63, 3.8) is 0 Å². The molecular weight excluding hydrogens is 699 g/mol. The van der Waals surface area contributed by atoms with Gasteiger partial charge in [0, 0.05) is 0 Å². The molecule has 0 spiro atoms. The van der Waals surface area contributed by atoms with Gasteiger partial charge in [-0.15, -0.1) is 0 Å². The summed E-state index contributed by atoms with van der Waals surface area (Å²) in [5.74, 6) is 0.731. The Hall–Kier alpha value is -4.22. The van der Waals surface area contributed by atoms with Crippen molar-refractivity contribution < 1.29 is 19.0 Å². The smallest absolute Gasteiger partial charge is 0.338 e. The molecule has 0 N–H and O–H groups in total. The van der Waals surface area contributed by atoms with Gasteiger partial charge in [0.15, 0.2) is 16.3 Å². The number of carbonyl (C=O) groups is 1. The quantitative estimate of drug-likeness (QED) is 0.136. The maximum atomic E-state index is 14.0. The number of hydrogen-bond donors (Lipinski definition) is 0. The highest BCUT2D eigenvalue weighted by atomic mass is 127. The zero-order valence-electron chi connectivity index (χ0n) is 25.3. The highest BCUT2D eigenvalue weighted by Gasteiger charge is 2.33. The number of rotatable bonds is 8. The summed E-state index contributed by atoms with van der Waals surface area (Å²) in [6, 6.07) is 25.4. The molecule has 0 unspecified atom stereocenters. The van der Waals surface area contributed by atoms with Crippen molar-refractivity contribution in [3.05, 3.63) is 136 Å². The van der Waals surface area contributed by atoms with Crippen LogP contribution >= 0.6 is 33.9 Å². The number of aryl methyl sites for hydroxylation is 1. The van der Waals surface area contributed by atoms with Crippen molar-refractivity contribution in [3.8, 4) is 11.5 Å². The number of thiazole rings is 1. The van der Waals surface area contributed by atoms with Crippen molar-refractivity contribution in [1.82, 2.24) is 4.57 Å². The molecule has 0 saturated heterocycles. The van der Waals surface area contributed by atoms with Crippen LogP contribution in [-0.4, -0.2) is 24.3 Å². The largest absolute Gasteiger partial charge is 0.493 e. The lowest BCUT2D eigenvalue weighted by Crippen LogP contribution is -2.39. The number of halogens is 1. The molecule has 0 fully saturated rings. The van der Waals surface area contributed by atoms with E-state index in [-0.39, 0.29) is 12.2 Å². The summed E-state index contributed by atoms with van der Waals surface area (Å²) in [5.41, 5.74) is 4.43. The lowest BCUT2D eigenvalue weighted by molar-refractivity contribution is -0.139. The molecule has 7 nitrogen and oxygen atoms in total. The molecule has 228 valence electrons. The number of esters is 1. The normalized spacial score (nSPS) is 14.7. The summed E-state index contributed by atoms with van der Waals surface area (Å²) in [6.45, 7) is 6.15. The number of aromatic nitrogens is 1. The fourth-order valence-corrected chi connectivity index (χ4v) is 7.37. The number of hydrogen-bond acceptors (Lipinski definition) is 7. The summed E-state index contributed by atoms with van der Waals surface area (Å²) in [5, 5.41) is 2.30. The summed E-state index contributed by atoms with van der Waals surface area (Å²) in [7, 11) is 1.61. The average Bonchev–Trinajstić information content (AvgIpc) is 3.33. The van der Waals surface area contributed by atoms with E-state index in [0.29, 0.717) is 38.7 Å². The second-order valence-electron chi connectivity index (χ2n) is 10.7. The molecule has 45 heavy (non-hydrogen) atoms. The van der Waals surface area contributed by atoms with Crippen molar-refractivity contribution in [1.29, 1.82) is 0 Å². The zero-order chi connectivity index (χ0) is 31.7. The van der Waals surface area contributed by atoms with E-state index < -0.39 is 12.0 Å². The van der Waals surface area contributed by atoms with Crippen LogP contribution in [0.3, 0.4) is 0 Å². The molecule has 2 heterocycles. The predicted octanol–water partition coefficient (Wildman–Crippen LogP) is 6.45. The molecule has 9 heteroatoms. The van der Waals surface area contributed by atoms with Crippen LogP contribution in [0.1, 0.15) is 42.1 Å². The minimum Gasteiger partial charge on any atom is -0.493 e. The number of fused-ring (bicyclic) bond motifs is 2. The molecule has 0 bridgehead atoms. The van der Waals surface area contributed by atoms with Crippen molar-refractivity contribution >= 4 is 56.7 Å². The first-order chi connectivity index (χ1) is 21.8. The second kappa shape index (κ2) is 13.0. The SMILES string of the molecule is CCOC(=O)C1=C(C)N=c2s/c(=C\c3cc(I)c(OCc4cccc5ccccc45)c(OC)c3)c(=O)n2[C@@H]1c1ccc(C)cc1. The van der Waals surface area contributed by atoms with Crippen LogP contribution in [0.25, 0.3) is 16.8 Å². The number of methoxy groups -OCH3 is 1. The fraction of sp³-hybridized carbons (Fsp3) is 0.194. The molecule has 5 aromatic rings. The van der Waals surface area contributed by atoms with Gasteiger partial charge in [0.05, 0.1) is 39.1 Å². The fourth-order valence-electron chi connectivity index (χ4n) is 5.54. The summed E-state index contributed by atoms with van der Waals surface area (Å²) >= 11 is 3.52. The van der Waals surface area contributed by atoms with E-state index in [4.69, 9.17) is 14.2 Å². The third-order valence-electron chi connectivity index (χ3n) is 7.71. The Labute approximate surface area is 278 Å². The Morgan fingerprint density at radius 3 is 2.56 bits per heavy atom. The molecule has 0 radical (unpaired) electrons. The molecule has 4 aromatic carbocycles. The van der Waals surface area contributed by atoms with Gasteiger partial charge >= 0.3 is 5.97 Å². The van der Waals surface area contributed by atoms with Gasteiger partial charge in [-0.1, -0.05) is 83.6 Å². The molecular formula is C36H31IN2O5S. The van der Waals surface area contributed by atoms with Crippen LogP contribution < -0.4 is 24.4 Å². The van der Waals surface area contributed by atoms with E-state index in [1.165, 1.54) is 11.3 Å². The van der Waals surface area contributed by atoms with Gasteiger partial charge in [0.1, 0.15) is 6.61 Å². The molecule has 0 amide bonds. The minimum atomic E-state index is -0.650. The molecule has 1 atom stereocenters. The topological polar surface area (TPSA) is 79.1 Å². The Morgan fingerprint density at radius 1 is 1.04 bits per heavy atom. The van der Waals surface area contributed by atoms with Crippen LogP contribution in [0.5, 0.6) is 11.5 Å². The summed E-state index contributed by atoms with van der Waals surface area (Å²) < 4.78 is 20.4. The van der Waals surface area contributed by atoms with E-state index in [1.54, 1.807) is 25.5 Å². The van der Waals surface area contributed by atoms with Crippen LogP contribution in [0.15, 0.2) is 99.9 Å². The van der Waals surface area contributed by atoms with Gasteiger partial charge in [0.2, 0.25) is 0 Å². The van der Waals surface area contributed by atoms with Gasteiger partial charge in [0.25, 0.3) is 5.56 Å². The number of allylic oxidation sites excluding steroid dienone is 1. The van der Waals surface area contributed by atoms with Crippen LogP contribution in [0.4, 0.5) is 0 Å². The minimum absolute atomic E-state index is 0.225. The first-order valence-corrected chi connectivity index (χ1v) is 16.4.